The number of carbonyl (C=O) groups excluding carboxylic acids is 1. The Bertz CT molecular complexity index is 633. The summed E-state index contributed by atoms with van der Waals surface area (Å²) >= 11 is 1.66. The smallest absolute Gasteiger partial charge is 0.315 e. The van der Waals surface area contributed by atoms with Crippen LogP contribution in [-0.2, 0) is 6.54 Å². The average Bonchev–Trinajstić information content (AvgIpc) is 3.03. The van der Waals surface area contributed by atoms with Crippen LogP contribution >= 0.6 is 11.3 Å². The molecule has 0 radical (unpaired) electrons. The lowest BCUT2D eigenvalue weighted by Crippen LogP contribution is -2.42. The van der Waals surface area contributed by atoms with Gasteiger partial charge in [0.15, 0.2) is 0 Å². The summed E-state index contributed by atoms with van der Waals surface area (Å²) in [4.78, 5) is 13.5. The molecule has 124 valence electrons. The van der Waals surface area contributed by atoms with Gasteiger partial charge in [0.05, 0.1) is 13.2 Å². The lowest BCUT2D eigenvalue weighted by molar-refractivity contribution is 0.219. The minimum Gasteiger partial charge on any atom is -0.496 e. The summed E-state index contributed by atoms with van der Waals surface area (Å²) in [5.41, 5.74) is 0.890. The molecule has 4 nitrogen and oxygen atoms in total. The molecule has 0 aliphatic rings. The lowest BCUT2D eigenvalue weighted by Gasteiger charge is -2.30. The van der Waals surface area contributed by atoms with Crippen LogP contribution in [0.3, 0.4) is 0 Å². The summed E-state index contributed by atoms with van der Waals surface area (Å²) in [7, 11) is 1.63. The van der Waals surface area contributed by atoms with Crippen molar-refractivity contribution < 1.29 is 9.53 Å². The van der Waals surface area contributed by atoms with Crippen molar-refractivity contribution in [2.75, 3.05) is 7.11 Å². The zero-order valence-electron chi connectivity index (χ0n) is 14.1. The number of thiophene rings is 1. The normalized spacial score (nSPS) is 12.5. The summed E-state index contributed by atoms with van der Waals surface area (Å²) in [5.74, 6) is 0.776. The number of carbonyl (C=O) groups is 1. The van der Waals surface area contributed by atoms with Crippen molar-refractivity contribution in [1.29, 1.82) is 0 Å². The maximum Gasteiger partial charge on any atom is 0.315 e. The van der Waals surface area contributed by atoms with Gasteiger partial charge in [-0.05, 0) is 22.9 Å². The molecular formula is C18H24N2O2S. The Morgan fingerprint density at radius 2 is 1.96 bits per heavy atom. The van der Waals surface area contributed by atoms with Crippen molar-refractivity contribution >= 4 is 17.4 Å². The van der Waals surface area contributed by atoms with Crippen molar-refractivity contribution in [2.45, 2.75) is 33.4 Å². The minimum atomic E-state index is -0.177. The highest BCUT2D eigenvalue weighted by atomic mass is 32.1. The average molecular weight is 332 g/mol. The van der Waals surface area contributed by atoms with Crippen molar-refractivity contribution in [3.8, 4) is 5.75 Å². The number of para-hydroxylation sites is 1. The molecule has 2 N–H and O–H groups in total. The second kappa shape index (κ2) is 7.51. The molecule has 0 saturated carbocycles. The predicted molar refractivity (Wildman–Crippen MR) is 94.9 cm³/mol. The number of amides is 2. The van der Waals surface area contributed by atoms with E-state index in [0.29, 0.717) is 6.54 Å². The molecule has 0 saturated heterocycles. The molecule has 1 aromatic carbocycles. The Kier molecular flexibility index (Phi) is 5.66. The van der Waals surface area contributed by atoms with Gasteiger partial charge in [-0.2, -0.15) is 0 Å². The van der Waals surface area contributed by atoms with Crippen LogP contribution < -0.4 is 15.4 Å². The largest absolute Gasteiger partial charge is 0.496 e. The van der Waals surface area contributed by atoms with Crippen LogP contribution in [0.15, 0.2) is 41.8 Å². The maximum atomic E-state index is 12.3. The van der Waals surface area contributed by atoms with Crippen molar-refractivity contribution in [1.82, 2.24) is 10.6 Å². The minimum absolute atomic E-state index is 0.0276. The third-order valence-corrected chi connectivity index (χ3v) is 4.54. The molecule has 0 aliphatic carbocycles. The third kappa shape index (κ3) is 4.73. The van der Waals surface area contributed by atoms with Gasteiger partial charge in [0.25, 0.3) is 0 Å². The Hall–Kier alpha value is -2.01. The van der Waals surface area contributed by atoms with Gasteiger partial charge in [0, 0.05) is 17.0 Å². The van der Waals surface area contributed by atoms with E-state index in [0.717, 1.165) is 16.2 Å². The fourth-order valence-electron chi connectivity index (χ4n) is 2.38. The van der Waals surface area contributed by atoms with Crippen molar-refractivity contribution in [3.05, 3.63) is 52.2 Å². The highest BCUT2D eigenvalue weighted by molar-refractivity contribution is 7.10. The molecule has 0 spiro atoms. The number of rotatable bonds is 5. The van der Waals surface area contributed by atoms with Crippen LogP contribution in [-0.4, -0.2) is 13.1 Å². The molecule has 5 heteroatoms. The topological polar surface area (TPSA) is 50.4 Å². The van der Waals surface area contributed by atoms with Gasteiger partial charge >= 0.3 is 6.03 Å². The summed E-state index contributed by atoms with van der Waals surface area (Å²) in [5, 5.41) is 8.03. The van der Waals surface area contributed by atoms with Gasteiger partial charge in [-0.15, -0.1) is 11.3 Å². The monoisotopic (exact) mass is 332 g/mol. The molecule has 0 unspecified atom stereocenters. The Labute approximate surface area is 141 Å². The number of methoxy groups -OCH3 is 1. The van der Waals surface area contributed by atoms with Crippen LogP contribution in [0, 0.1) is 5.41 Å². The second-order valence-corrected chi connectivity index (χ2v) is 7.43. The lowest BCUT2D eigenvalue weighted by atomic mass is 9.86. The molecule has 0 fully saturated rings. The van der Waals surface area contributed by atoms with Crippen LogP contribution in [0.5, 0.6) is 5.75 Å². The van der Waals surface area contributed by atoms with Crippen LogP contribution in [0.4, 0.5) is 4.79 Å². The molecule has 0 bridgehead atoms. The van der Waals surface area contributed by atoms with E-state index >= 15 is 0 Å². The van der Waals surface area contributed by atoms with E-state index in [1.165, 1.54) is 0 Å². The second-order valence-electron chi connectivity index (χ2n) is 6.45. The number of urea groups is 1. The van der Waals surface area contributed by atoms with Gasteiger partial charge in [0.2, 0.25) is 0 Å². The first kappa shape index (κ1) is 17.3. The zero-order chi connectivity index (χ0) is 16.9. The van der Waals surface area contributed by atoms with Gasteiger partial charge in [-0.25, -0.2) is 4.79 Å². The number of hydrogen-bond acceptors (Lipinski definition) is 3. The maximum absolute atomic E-state index is 12.3. The fraction of sp³-hybridized carbons (Fsp3) is 0.389. The van der Waals surface area contributed by atoms with Gasteiger partial charge in [-0.3, -0.25) is 0 Å². The quantitative estimate of drug-likeness (QED) is 0.855. The Balaban J connectivity index is 2.00. The molecule has 1 heterocycles. The van der Waals surface area contributed by atoms with Gasteiger partial charge < -0.3 is 15.4 Å². The summed E-state index contributed by atoms with van der Waals surface area (Å²) < 4.78 is 5.30. The Morgan fingerprint density at radius 3 is 2.57 bits per heavy atom. The highest BCUT2D eigenvalue weighted by Crippen LogP contribution is 2.35. The summed E-state index contributed by atoms with van der Waals surface area (Å²) in [6.07, 6.45) is 0. The molecule has 1 atom stereocenters. The standard InChI is InChI=1S/C18H24N2O2S/c1-18(2,3)16(15-10-7-11-23-15)20-17(21)19-12-13-8-5-6-9-14(13)22-4/h5-11,16H,12H2,1-4H3,(H2,19,20,21)/t16-/m0/s1. The molecule has 23 heavy (non-hydrogen) atoms. The Morgan fingerprint density at radius 1 is 1.22 bits per heavy atom. The van der Waals surface area contributed by atoms with E-state index in [1.807, 2.05) is 35.7 Å². The number of ether oxygens (including phenoxy) is 1. The van der Waals surface area contributed by atoms with Crippen LogP contribution in [0.25, 0.3) is 0 Å². The molecule has 0 aliphatic heterocycles. The van der Waals surface area contributed by atoms with E-state index in [-0.39, 0.29) is 17.5 Å². The number of hydrogen-bond donors (Lipinski definition) is 2. The van der Waals surface area contributed by atoms with E-state index < -0.39 is 0 Å². The number of nitrogens with one attached hydrogen (secondary N) is 2. The van der Waals surface area contributed by atoms with Gasteiger partial charge in [-0.1, -0.05) is 45.0 Å². The van der Waals surface area contributed by atoms with E-state index in [1.54, 1.807) is 18.4 Å². The first-order chi connectivity index (χ1) is 10.9. The first-order valence-corrected chi connectivity index (χ1v) is 8.49. The SMILES string of the molecule is COc1ccccc1CNC(=O)N[C@@H](c1cccs1)C(C)(C)C. The molecule has 2 rings (SSSR count). The molecular weight excluding hydrogens is 308 g/mol. The predicted octanol–water partition coefficient (Wildman–Crippen LogP) is 4.34. The summed E-state index contributed by atoms with van der Waals surface area (Å²) in [6, 6.07) is 11.5. The van der Waals surface area contributed by atoms with Crippen molar-refractivity contribution in [3.63, 3.8) is 0 Å². The van der Waals surface area contributed by atoms with Gasteiger partial charge in [0.1, 0.15) is 5.75 Å². The first-order valence-electron chi connectivity index (χ1n) is 7.61. The molecule has 2 amide bonds. The van der Waals surface area contributed by atoms with E-state index in [4.69, 9.17) is 4.74 Å². The molecule has 1 aromatic heterocycles. The highest BCUT2D eigenvalue weighted by Gasteiger charge is 2.28. The number of benzene rings is 1. The zero-order valence-corrected chi connectivity index (χ0v) is 14.9. The molecule has 2 aromatic rings. The van der Waals surface area contributed by atoms with Crippen LogP contribution in [0.1, 0.15) is 37.3 Å². The van der Waals surface area contributed by atoms with E-state index in [2.05, 4.69) is 37.5 Å². The van der Waals surface area contributed by atoms with E-state index in [9.17, 15) is 4.79 Å². The van der Waals surface area contributed by atoms with Crippen LogP contribution in [0.2, 0.25) is 0 Å². The third-order valence-electron chi connectivity index (χ3n) is 3.60. The van der Waals surface area contributed by atoms with Crippen molar-refractivity contribution in [2.24, 2.45) is 5.41 Å². The summed E-state index contributed by atoms with van der Waals surface area (Å²) in [6.45, 7) is 6.80. The fourth-order valence-corrected chi connectivity index (χ4v) is 3.40.